The summed E-state index contributed by atoms with van der Waals surface area (Å²) in [7, 11) is 3.67. The van der Waals surface area contributed by atoms with E-state index in [4.69, 9.17) is 4.42 Å². The Bertz CT molecular complexity index is 627. The molecular formula is C14H22N6O. The van der Waals surface area contributed by atoms with Gasteiger partial charge in [-0.05, 0) is 32.9 Å². The normalized spacial score (nSPS) is 13.3. The van der Waals surface area contributed by atoms with Crippen molar-refractivity contribution in [3.63, 3.8) is 0 Å². The predicted molar refractivity (Wildman–Crippen MR) is 80.9 cm³/mol. The van der Waals surface area contributed by atoms with Crippen LogP contribution in [0.15, 0.2) is 21.5 Å². The highest BCUT2D eigenvalue weighted by Crippen LogP contribution is 2.15. The van der Waals surface area contributed by atoms with Crippen molar-refractivity contribution in [1.82, 2.24) is 25.4 Å². The van der Waals surface area contributed by atoms with Crippen molar-refractivity contribution in [2.24, 2.45) is 12.0 Å². The third kappa shape index (κ3) is 3.62. The van der Waals surface area contributed by atoms with E-state index in [9.17, 15) is 0 Å². The molecule has 0 spiro atoms. The molecular weight excluding hydrogens is 268 g/mol. The molecule has 114 valence electrons. The minimum atomic E-state index is 0.0335. The molecule has 2 aromatic rings. The number of aliphatic imine (C=N–C) groups is 1. The minimum absolute atomic E-state index is 0.0335. The molecule has 0 aromatic carbocycles. The van der Waals surface area contributed by atoms with Crippen LogP contribution in [0, 0.1) is 13.8 Å². The monoisotopic (exact) mass is 290 g/mol. The lowest BCUT2D eigenvalue weighted by molar-refractivity contribution is 0.441. The standard InChI is InChI=1S/C14H22N6O/c1-9-6-7-12(21-9)10(2)17-14(15-4)16-8-13-19-18-11(3)20(13)5/h6-7,10H,8H2,1-5H3,(H2,15,16,17). The molecule has 7 heteroatoms. The maximum Gasteiger partial charge on any atom is 0.191 e. The van der Waals surface area contributed by atoms with Crippen molar-refractivity contribution < 1.29 is 4.42 Å². The lowest BCUT2D eigenvalue weighted by Gasteiger charge is -2.16. The lowest BCUT2D eigenvalue weighted by Crippen LogP contribution is -2.38. The topological polar surface area (TPSA) is 80.3 Å². The maximum absolute atomic E-state index is 5.60. The molecule has 2 rings (SSSR count). The first-order valence-corrected chi connectivity index (χ1v) is 6.89. The van der Waals surface area contributed by atoms with Crippen LogP contribution in [-0.4, -0.2) is 27.8 Å². The Morgan fingerprint density at radius 1 is 1.38 bits per heavy atom. The summed E-state index contributed by atoms with van der Waals surface area (Å²) in [5.41, 5.74) is 0. The van der Waals surface area contributed by atoms with Crippen molar-refractivity contribution in [2.75, 3.05) is 7.05 Å². The molecule has 0 saturated carbocycles. The van der Waals surface area contributed by atoms with Gasteiger partial charge in [0, 0.05) is 14.1 Å². The Labute approximate surface area is 124 Å². The summed E-state index contributed by atoms with van der Waals surface area (Å²) in [4.78, 5) is 4.21. The predicted octanol–water partition coefficient (Wildman–Crippen LogP) is 1.45. The van der Waals surface area contributed by atoms with E-state index in [2.05, 4.69) is 25.8 Å². The van der Waals surface area contributed by atoms with Crippen LogP contribution in [0.25, 0.3) is 0 Å². The van der Waals surface area contributed by atoms with E-state index in [0.29, 0.717) is 12.5 Å². The van der Waals surface area contributed by atoms with Crippen LogP contribution in [0.5, 0.6) is 0 Å². The number of hydrogen-bond donors (Lipinski definition) is 2. The molecule has 0 aliphatic carbocycles. The molecule has 0 saturated heterocycles. The molecule has 7 nitrogen and oxygen atoms in total. The Hall–Kier alpha value is -2.31. The molecule has 0 radical (unpaired) electrons. The van der Waals surface area contributed by atoms with Gasteiger partial charge in [-0.3, -0.25) is 4.99 Å². The van der Waals surface area contributed by atoms with Crippen LogP contribution in [0.4, 0.5) is 0 Å². The van der Waals surface area contributed by atoms with Crippen molar-refractivity contribution in [3.8, 4) is 0 Å². The Balaban J connectivity index is 1.93. The van der Waals surface area contributed by atoms with Gasteiger partial charge in [0.2, 0.25) is 0 Å². The molecule has 0 amide bonds. The number of furan rings is 1. The SMILES string of the molecule is CN=C(NCc1nnc(C)n1C)NC(C)c1ccc(C)o1. The van der Waals surface area contributed by atoms with Crippen LogP contribution >= 0.6 is 0 Å². The van der Waals surface area contributed by atoms with Crippen molar-refractivity contribution >= 4 is 5.96 Å². The molecule has 21 heavy (non-hydrogen) atoms. The van der Waals surface area contributed by atoms with Gasteiger partial charge in [0.15, 0.2) is 11.8 Å². The van der Waals surface area contributed by atoms with Crippen molar-refractivity contribution in [2.45, 2.75) is 33.4 Å². The lowest BCUT2D eigenvalue weighted by atomic mass is 10.2. The zero-order valence-corrected chi connectivity index (χ0v) is 13.1. The summed E-state index contributed by atoms with van der Waals surface area (Å²) in [6, 6.07) is 3.95. The number of nitrogens with zero attached hydrogens (tertiary/aromatic N) is 4. The molecule has 0 aliphatic rings. The molecule has 0 fully saturated rings. The molecule has 2 N–H and O–H groups in total. The molecule has 1 unspecified atom stereocenters. The Kier molecular flexibility index (Phi) is 4.62. The second-order valence-electron chi connectivity index (χ2n) is 4.96. The molecule has 0 aliphatic heterocycles. The van der Waals surface area contributed by atoms with Gasteiger partial charge in [-0.1, -0.05) is 0 Å². The van der Waals surface area contributed by atoms with Gasteiger partial charge < -0.3 is 19.6 Å². The molecule has 2 heterocycles. The van der Waals surface area contributed by atoms with E-state index in [0.717, 1.165) is 23.2 Å². The fourth-order valence-electron chi connectivity index (χ4n) is 1.92. The summed E-state index contributed by atoms with van der Waals surface area (Å²) in [5.74, 6) is 4.21. The van der Waals surface area contributed by atoms with Gasteiger partial charge in [0.1, 0.15) is 17.3 Å². The van der Waals surface area contributed by atoms with E-state index in [1.807, 2.05) is 44.5 Å². The van der Waals surface area contributed by atoms with Gasteiger partial charge in [0.25, 0.3) is 0 Å². The molecule has 0 bridgehead atoms. The van der Waals surface area contributed by atoms with Gasteiger partial charge >= 0.3 is 0 Å². The average molecular weight is 290 g/mol. The van der Waals surface area contributed by atoms with Crippen molar-refractivity contribution in [3.05, 3.63) is 35.3 Å². The maximum atomic E-state index is 5.60. The van der Waals surface area contributed by atoms with Gasteiger partial charge in [-0.15, -0.1) is 10.2 Å². The van der Waals surface area contributed by atoms with Crippen LogP contribution in [0.1, 0.15) is 36.1 Å². The number of rotatable bonds is 4. The average Bonchev–Trinajstić information content (AvgIpc) is 3.03. The first-order chi connectivity index (χ1) is 10.0. The van der Waals surface area contributed by atoms with Crippen LogP contribution in [0.3, 0.4) is 0 Å². The summed E-state index contributed by atoms with van der Waals surface area (Å²) in [6.07, 6.45) is 0. The number of guanidine groups is 1. The fraction of sp³-hybridized carbons (Fsp3) is 0.500. The number of aromatic nitrogens is 3. The zero-order valence-electron chi connectivity index (χ0n) is 13.1. The zero-order chi connectivity index (χ0) is 15.4. The van der Waals surface area contributed by atoms with E-state index >= 15 is 0 Å². The summed E-state index contributed by atoms with van der Waals surface area (Å²) < 4.78 is 7.55. The van der Waals surface area contributed by atoms with E-state index in [1.54, 1.807) is 7.05 Å². The van der Waals surface area contributed by atoms with E-state index < -0.39 is 0 Å². The fourth-order valence-corrected chi connectivity index (χ4v) is 1.92. The molecule has 1 atom stereocenters. The number of nitrogens with one attached hydrogen (secondary N) is 2. The summed E-state index contributed by atoms with van der Waals surface area (Å²) >= 11 is 0. The highest BCUT2D eigenvalue weighted by atomic mass is 16.3. The first kappa shape index (κ1) is 15.1. The quantitative estimate of drug-likeness (QED) is 0.658. The Morgan fingerprint density at radius 3 is 2.67 bits per heavy atom. The van der Waals surface area contributed by atoms with Crippen LogP contribution in [0.2, 0.25) is 0 Å². The number of aryl methyl sites for hydroxylation is 2. The van der Waals surface area contributed by atoms with Crippen molar-refractivity contribution in [1.29, 1.82) is 0 Å². The summed E-state index contributed by atoms with van der Waals surface area (Å²) in [5, 5.41) is 14.6. The third-order valence-corrected chi connectivity index (χ3v) is 3.36. The van der Waals surface area contributed by atoms with Crippen LogP contribution < -0.4 is 10.6 Å². The highest BCUT2D eigenvalue weighted by Gasteiger charge is 2.12. The third-order valence-electron chi connectivity index (χ3n) is 3.36. The second kappa shape index (κ2) is 6.43. The molecule has 2 aromatic heterocycles. The number of hydrogen-bond acceptors (Lipinski definition) is 4. The largest absolute Gasteiger partial charge is 0.464 e. The minimum Gasteiger partial charge on any atom is -0.464 e. The van der Waals surface area contributed by atoms with Crippen LogP contribution in [-0.2, 0) is 13.6 Å². The second-order valence-corrected chi connectivity index (χ2v) is 4.96. The first-order valence-electron chi connectivity index (χ1n) is 6.89. The van der Waals surface area contributed by atoms with E-state index in [1.165, 1.54) is 0 Å². The van der Waals surface area contributed by atoms with Gasteiger partial charge in [-0.2, -0.15) is 0 Å². The summed E-state index contributed by atoms with van der Waals surface area (Å²) in [6.45, 7) is 6.43. The smallest absolute Gasteiger partial charge is 0.191 e. The Morgan fingerprint density at radius 2 is 2.14 bits per heavy atom. The van der Waals surface area contributed by atoms with Gasteiger partial charge in [0.05, 0.1) is 12.6 Å². The van der Waals surface area contributed by atoms with E-state index in [-0.39, 0.29) is 6.04 Å². The van der Waals surface area contributed by atoms with Gasteiger partial charge in [-0.25, -0.2) is 0 Å². The highest BCUT2D eigenvalue weighted by molar-refractivity contribution is 5.79.